The van der Waals surface area contributed by atoms with Gasteiger partial charge in [0.05, 0.1) is 59.0 Å². The first-order valence-electron chi connectivity index (χ1n) is 22.9. The van der Waals surface area contributed by atoms with Gasteiger partial charge in [0.25, 0.3) is 0 Å². The fourth-order valence-corrected chi connectivity index (χ4v) is 10.0. The summed E-state index contributed by atoms with van der Waals surface area (Å²) >= 11 is 0. The number of pyridine rings is 1. The molecule has 0 unspecified atom stereocenters. The van der Waals surface area contributed by atoms with Crippen LogP contribution in [0.25, 0.3) is 10.9 Å². The van der Waals surface area contributed by atoms with Crippen LogP contribution < -0.4 is 5.32 Å². The van der Waals surface area contributed by atoms with E-state index in [0.29, 0.717) is 6.42 Å². The van der Waals surface area contributed by atoms with Gasteiger partial charge in [0.15, 0.2) is 18.7 Å². The van der Waals surface area contributed by atoms with E-state index in [1.807, 2.05) is 64.0 Å². The molecule has 0 aliphatic carbocycles. The highest BCUT2D eigenvalue weighted by Gasteiger charge is 2.54. The second-order valence-corrected chi connectivity index (χ2v) is 19.5. The molecule has 0 spiro atoms. The summed E-state index contributed by atoms with van der Waals surface area (Å²) in [6.07, 6.45) is -7.89. The number of para-hydroxylation sites is 1. The van der Waals surface area contributed by atoms with E-state index in [9.17, 15) is 29.7 Å². The van der Waals surface area contributed by atoms with Gasteiger partial charge in [0, 0.05) is 50.2 Å². The number of benzene rings is 1. The number of nitrogens with one attached hydrogen (secondary N) is 1. The van der Waals surface area contributed by atoms with Gasteiger partial charge in [-0.25, -0.2) is 4.79 Å². The Morgan fingerprint density at radius 3 is 2.20 bits per heavy atom. The van der Waals surface area contributed by atoms with Crippen molar-refractivity contribution in [3.05, 3.63) is 42.1 Å². The number of aliphatic hydroxyl groups is 3. The van der Waals surface area contributed by atoms with E-state index < -0.39 is 114 Å². The van der Waals surface area contributed by atoms with E-state index in [4.69, 9.17) is 37.9 Å². The van der Waals surface area contributed by atoms with Gasteiger partial charge in [0.2, 0.25) is 5.91 Å². The molecule has 3 aliphatic heterocycles. The smallest absolute Gasteiger partial charge is 0.340 e. The van der Waals surface area contributed by atoms with Crippen molar-refractivity contribution >= 4 is 28.7 Å². The molecule has 1 amide bonds. The molecule has 0 radical (unpaired) electrons. The number of aliphatic hydroxyl groups excluding tert-OH is 2. The number of hydrogen-bond donors (Lipinski definition) is 4. The molecule has 3 aliphatic rings. The van der Waals surface area contributed by atoms with E-state index in [2.05, 4.69) is 10.3 Å². The van der Waals surface area contributed by atoms with Crippen LogP contribution in [-0.2, 0) is 47.5 Å². The van der Waals surface area contributed by atoms with Gasteiger partial charge in [-0.1, -0.05) is 39.0 Å². The summed E-state index contributed by atoms with van der Waals surface area (Å²) in [5.74, 6) is -4.88. The number of amides is 1. The lowest BCUT2D eigenvalue weighted by molar-refractivity contribution is -0.318. The first kappa shape index (κ1) is 52.6. The third-order valence-corrected chi connectivity index (χ3v) is 14.2. The highest BCUT2D eigenvalue weighted by molar-refractivity contribution is 5.93. The molecule has 366 valence electrons. The summed E-state index contributed by atoms with van der Waals surface area (Å²) in [4.78, 5) is 48.3. The predicted octanol–water partition coefficient (Wildman–Crippen LogP) is 4.15. The second kappa shape index (κ2) is 21.3. The lowest BCUT2D eigenvalue weighted by Gasteiger charge is -2.50. The van der Waals surface area contributed by atoms with Gasteiger partial charge in [-0.15, -0.1) is 0 Å². The Hall–Kier alpha value is -3.36. The van der Waals surface area contributed by atoms with E-state index >= 15 is 0 Å². The summed E-state index contributed by atoms with van der Waals surface area (Å²) in [6.45, 7) is 17.1. The zero-order chi connectivity index (χ0) is 48.3. The van der Waals surface area contributed by atoms with E-state index in [1.165, 1.54) is 34.3 Å². The zero-order valence-electron chi connectivity index (χ0n) is 40.7. The van der Waals surface area contributed by atoms with Crippen LogP contribution in [0.2, 0.25) is 0 Å². The van der Waals surface area contributed by atoms with Gasteiger partial charge in [0.1, 0.15) is 23.4 Å². The lowest BCUT2D eigenvalue weighted by atomic mass is 9.78. The van der Waals surface area contributed by atoms with Crippen molar-refractivity contribution < 1.29 is 67.6 Å². The molecule has 5 rings (SSSR count). The molecule has 18 atom stereocenters. The third-order valence-electron chi connectivity index (χ3n) is 14.2. The predicted molar refractivity (Wildman–Crippen MR) is 239 cm³/mol. The van der Waals surface area contributed by atoms with Gasteiger partial charge in [-0.05, 0) is 94.0 Å². The molecular weight excluding hydrogens is 843 g/mol. The summed E-state index contributed by atoms with van der Waals surface area (Å²) in [5, 5.41) is 38.8. The molecule has 65 heavy (non-hydrogen) atoms. The average molecular weight is 918 g/mol. The molecule has 1 aromatic heterocycles. The fourth-order valence-electron chi connectivity index (χ4n) is 10.0. The van der Waals surface area contributed by atoms with Crippen molar-refractivity contribution in [2.24, 2.45) is 17.8 Å². The Balaban J connectivity index is 1.55. The van der Waals surface area contributed by atoms with Crippen LogP contribution in [0.1, 0.15) is 105 Å². The molecule has 3 fully saturated rings. The van der Waals surface area contributed by atoms with Crippen LogP contribution in [0.4, 0.5) is 0 Å². The Morgan fingerprint density at radius 2 is 1.57 bits per heavy atom. The molecule has 17 heteroatoms. The molecule has 0 bridgehead atoms. The molecule has 0 saturated carbocycles. The summed E-state index contributed by atoms with van der Waals surface area (Å²) < 4.78 is 51.3. The van der Waals surface area contributed by atoms with E-state index in [0.717, 1.165) is 10.9 Å². The van der Waals surface area contributed by atoms with Crippen molar-refractivity contribution in [3.63, 3.8) is 0 Å². The average Bonchev–Trinajstić information content (AvgIpc) is 3.26. The number of aromatic nitrogens is 1. The Kier molecular flexibility index (Phi) is 17.2. The SMILES string of the molecule is CC[C@H]1OC(=O)[C@H](C)[C@@H](O[C@H]2C[C@@](C)(OC)[C@@H](OC(=O)c3cnc4ccccc4c3)[C@H](C)O2)[C@H](C)[C@@H](O[C@@H]2O[C@H](C)C[C@H](N(C)C)[C@H]2O)[C@](C)(OC)C[C@@H](C)NC(=O)[C@H](C)[C@@H](O)[C@]1(C)O. The summed E-state index contributed by atoms with van der Waals surface area (Å²) in [5.41, 5.74) is -3.46. The Morgan fingerprint density at radius 1 is 0.923 bits per heavy atom. The molecular formula is C48H75N3O14. The maximum absolute atomic E-state index is 14.5. The minimum Gasteiger partial charge on any atom is -0.459 e. The van der Waals surface area contributed by atoms with Crippen LogP contribution in [0.3, 0.4) is 0 Å². The standard InChI is InChI=1S/C48H75N3O14/c1-15-35-48(10,57)39(53)29(6)42(54)50-25(2)22-46(8,58-13)40(65-45-37(52)34(51(11)12)20-26(3)60-45)27(4)38(28(5)43(55)62-35)63-36-23-47(9,59-14)41(30(7)61-36)64-44(56)32-21-31-18-16-17-19-33(31)49-24-32/h16-19,21,24-30,34-41,45,52-53,57H,15,20,22-23H2,1-14H3,(H,50,54)/t25-,26-,27+,28-,29-,30+,34+,35-,36+,37-,38+,39-,40-,41+,45+,46-,47-,48-/m1/s1. The number of carbonyl (C=O) groups excluding carboxylic acids is 3. The number of likely N-dealkylation sites (N-methyl/N-ethyl adjacent to an activating group) is 1. The molecule has 4 heterocycles. The minimum absolute atomic E-state index is 0.0474. The van der Waals surface area contributed by atoms with Crippen molar-refractivity contribution in [3.8, 4) is 0 Å². The zero-order valence-corrected chi connectivity index (χ0v) is 40.7. The maximum Gasteiger partial charge on any atom is 0.340 e. The second-order valence-electron chi connectivity index (χ2n) is 19.5. The number of cyclic esters (lactones) is 1. The lowest BCUT2D eigenvalue weighted by Crippen LogP contribution is -2.61. The van der Waals surface area contributed by atoms with Crippen LogP contribution >= 0.6 is 0 Å². The fraction of sp³-hybridized carbons (Fsp3) is 0.750. The number of ether oxygens (including phenoxy) is 8. The van der Waals surface area contributed by atoms with Gasteiger partial charge < -0.3 is 63.4 Å². The van der Waals surface area contributed by atoms with Crippen molar-refractivity contribution in [2.75, 3.05) is 28.3 Å². The number of hydrogen-bond acceptors (Lipinski definition) is 16. The Labute approximate surface area is 384 Å². The topological polar surface area (TPSA) is 214 Å². The normalized spacial score (nSPS) is 41.5. The molecule has 17 nitrogen and oxygen atoms in total. The quantitative estimate of drug-likeness (QED) is 0.247. The van der Waals surface area contributed by atoms with Crippen LogP contribution in [0.5, 0.6) is 0 Å². The van der Waals surface area contributed by atoms with Crippen LogP contribution in [0.15, 0.2) is 36.5 Å². The van der Waals surface area contributed by atoms with Crippen LogP contribution in [0, 0.1) is 17.8 Å². The molecule has 1 aromatic carbocycles. The number of carbonyl (C=O) groups is 3. The maximum atomic E-state index is 14.5. The largest absolute Gasteiger partial charge is 0.459 e. The number of rotatable bonds is 10. The highest BCUT2D eigenvalue weighted by atomic mass is 16.7. The van der Waals surface area contributed by atoms with Crippen molar-refractivity contribution in [1.29, 1.82) is 0 Å². The van der Waals surface area contributed by atoms with E-state index in [-0.39, 0.29) is 37.0 Å². The third kappa shape index (κ3) is 11.5. The van der Waals surface area contributed by atoms with Gasteiger partial charge >= 0.3 is 11.9 Å². The molecule has 4 N–H and O–H groups in total. The van der Waals surface area contributed by atoms with Crippen LogP contribution in [-0.4, -0.2) is 162 Å². The monoisotopic (exact) mass is 918 g/mol. The number of esters is 2. The molecule has 2 aromatic rings. The molecule has 3 saturated heterocycles. The summed E-state index contributed by atoms with van der Waals surface area (Å²) in [6, 6.07) is 8.27. The number of methoxy groups -OCH3 is 2. The minimum atomic E-state index is -2.04. The van der Waals surface area contributed by atoms with Gasteiger partial charge in [-0.3, -0.25) is 14.6 Å². The van der Waals surface area contributed by atoms with Gasteiger partial charge in [-0.2, -0.15) is 0 Å². The summed E-state index contributed by atoms with van der Waals surface area (Å²) in [7, 11) is 6.78. The van der Waals surface area contributed by atoms with Crippen molar-refractivity contribution in [2.45, 2.75) is 185 Å². The Bertz CT molecular complexity index is 1940. The number of nitrogens with zero attached hydrogens (tertiary/aromatic N) is 2. The first-order chi connectivity index (χ1) is 30.4. The first-order valence-corrected chi connectivity index (χ1v) is 22.9. The highest BCUT2D eigenvalue weighted by Crippen LogP contribution is 2.41. The number of fused-ring (bicyclic) bond motifs is 1. The van der Waals surface area contributed by atoms with Crippen molar-refractivity contribution in [1.82, 2.24) is 15.2 Å². The van der Waals surface area contributed by atoms with E-state index in [1.54, 1.807) is 40.7 Å².